The van der Waals surface area contributed by atoms with Crippen LogP contribution in [0.1, 0.15) is 5.56 Å². The van der Waals surface area contributed by atoms with Crippen LogP contribution in [0.5, 0.6) is 0 Å². The van der Waals surface area contributed by atoms with Crippen molar-refractivity contribution in [3.63, 3.8) is 0 Å². The van der Waals surface area contributed by atoms with E-state index in [9.17, 15) is 8.60 Å². The summed E-state index contributed by atoms with van der Waals surface area (Å²) in [7, 11) is -3.41. The summed E-state index contributed by atoms with van der Waals surface area (Å²) >= 11 is 0. The van der Waals surface area contributed by atoms with Crippen molar-refractivity contribution in [1.82, 2.24) is 0 Å². The molecule has 0 unspecified atom stereocenters. The van der Waals surface area contributed by atoms with E-state index in [0.717, 1.165) is 6.07 Å². The molecule has 1 rings (SSSR count). The molecular weight excluding hydrogens is 189 g/mol. The highest BCUT2D eigenvalue weighted by molar-refractivity contribution is 7.97. The standard InChI is InChI=1S/C9H8FNOS/c1-3-13(11,12)9-7(2)5-4-6-8(9)10/h1,4-6,11H,2H3/t13-/m0/s1. The Kier molecular flexibility index (Phi) is 2.39. The Balaban J connectivity index is 3.58. The van der Waals surface area contributed by atoms with Crippen LogP contribution < -0.4 is 0 Å². The van der Waals surface area contributed by atoms with Gasteiger partial charge in [-0.25, -0.2) is 13.4 Å². The van der Waals surface area contributed by atoms with E-state index in [0.29, 0.717) is 5.56 Å². The molecule has 13 heavy (non-hydrogen) atoms. The lowest BCUT2D eigenvalue weighted by atomic mass is 10.2. The smallest absolute Gasteiger partial charge is 0.143 e. The summed E-state index contributed by atoms with van der Waals surface area (Å²) in [5, 5.41) is 1.79. The normalized spacial score (nSPS) is 14.5. The van der Waals surface area contributed by atoms with Gasteiger partial charge in [0.05, 0.1) is 4.90 Å². The number of nitrogens with one attached hydrogen (secondary N) is 1. The van der Waals surface area contributed by atoms with Gasteiger partial charge in [0.1, 0.15) is 15.5 Å². The van der Waals surface area contributed by atoms with Gasteiger partial charge in [-0.15, -0.1) is 6.42 Å². The van der Waals surface area contributed by atoms with Crippen LogP contribution in [0.3, 0.4) is 0 Å². The van der Waals surface area contributed by atoms with Crippen LogP contribution in [0.25, 0.3) is 0 Å². The predicted octanol–water partition coefficient (Wildman–Crippen LogP) is 2.13. The highest BCUT2D eigenvalue weighted by Crippen LogP contribution is 2.19. The fraction of sp³-hybridized carbons (Fsp3) is 0.111. The van der Waals surface area contributed by atoms with Gasteiger partial charge in [-0.1, -0.05) is 12.1 Å². The average Bonchev–Trinajstić information content (AvgIpc) is 2.03. The molecule has 1 aromatic rings. The molecule has 1 aromatic carbocycles. The maximum atomic E-state index is 13.1. The van der Waals surface area contributed by atoms with Crippen molar-refractivity contribution >= 4 is 9.73 Å². The first-order chi connectivity index (χ1) is 5.99. The molecule has 0 spiro atoms. The first-order valence-corrected chi connectivity index (χ1v) is 5.06. The molecule has 0 heterocycles. The third-order valence-electron chi connectivity index (χ3n) is 1.62. The lowest BCUT2D eigenvalue weighted by Crippen LogP contribution is -2.01. The Morgan fingerprint density at radius 2 is 2.23 bits per heavy atom. The molecule has 0 aliphatic heterocycles. The van der Waals surface area contributed by atoms with Crippen LogP contribution >= 0.6 is 0 Å². The van der Waals surface area contributed by atoms with Crippen LogP contribution in [0.4, 0.5) is 4.39 Å². The van der Waals surface area contributed by atoms with Gasteiger partial charge in [-0.3, -0.25) is 0 Å². The molecule has 1 N–H and O–H groups in total. The quantitative estimate of drug-likeness (QED) is 0.688. The number of aryl methyl sites for hydroxylation is 1. The van der Waals surface area contributed by atoms with E-state index in [1.54, 1.807) is 18.2 Å². The lowest BCUT2D eigenvalue weighted by Gasteiger charge is -2.04. The number of rotatable bonds is 1. The Morgan fingerprint density at radius 1 is 1.62 bits per heavy atom. The Bertz CT molecular complexity index is 451. The van der Waals surface area contributed by atoms with Crippen LogP contribution in [0.2, 0.25) is 0 Å². The molecule has 4 heteroatoms. The molecule has 68 valence electrons. The third kappa shape index (κ3) is 1.70. The molecule has 0 bridgehead atoms. The molecule has 0 aliphatic carbocycles. The van der Waals surface area contributed by atoms with Crippen molar-refractivity contribution in [2.24, 2.45) is 0 Å². The van der Waals surface area contributed by atoms with E-state index in [4.69, 9.17) is 11.2 Å². The summed E-state index contributed by atoms with van der Waals surface area (Å²) in [6, 6.07) is 4.21. The Morgan fingerprint density at radius 3 is 2.69 bits per heavy atom. The number of hydrogen-bond acceptors (Lipinski definition) is 2. The summed E-state index contributed by atoms with van der Waals surface area (Å²) in [6.07, 6.45) is 4.90. The first-order valence-electron chi connectivity index (χ1n) is 3.50. The van der Waals surface area contributed by atoms with Crippen molar-refractivity contribution < 1.29 is 8.60 Å². The maximum absolute atomic E-state index is 13.1. The Labute approximate surface area is 76.8 Å². The molecule has 0 radical (unpaired) electrons. The molecule has 0 amide bonds. The van der Waals surface area contributed by atoms with Crippen LogP contribution in [-0.4, -0.2) is 4.21 Å². The minimum absolute atomic E-state index is 0.183. The second-order valence-electron chi connectivity index (χ2n) is 2.56. The predicted molar refractivity (Wildman–Crippen MR) is 49.1 cm³/mol. The second-order valence-corrected chi connectivity index (χ2v) is 4.32. The van der Waals surface area contributed by atoms with E-state index in [-0.39, 0.29) is 4.90 Å². The highest BCUT2D eigenvalue weighted by Gasteiger charge is 2.14. The van der Waals surface area contributed by atoms with Gasteiger partial charge in [-0.2, -0.15) is 0 Å². The second kappa shape index (κ2) is 3.19. The van der Waals surface area contributed by atoms with Gasteiger partial charge in [-0.05, 0) is 18.6 Å². The molecular formula is C9H8FNOS. The monoisotopic (exact) mass is 197 g/mol. The van der Waals surface area contributed by atoms with Crippen molar-refractivity contribution in [2.45, 2.75) is 11.8 Å². The number of benzene rings is 1. The van der Waals surface area contributed by atoms with Gasteiger partial charge in [0.2, 0.25) is 0 Å². The summed E-state index contributed by atoms with van der Waals surface area (Å²) in [5.74, 6) is -0.682. The molecule has 0 fully saturated rings. The Hall–Kier alpha value is -1.34. The fourth-order valence-corrected chi connectivity index (χ4v) is 2.02. The van der Waals surface area contributed by atoms with Gasteiger partial charge in [0.25, 0.3) is 0 Å². The van der Waals surface area contributed by atoms with E-state index >= 15 is 0 Å². The van der Waals surface area contributed by atoms with E-state index in [2.05, 4.69) is 0 Å². The summed E-state index contributed by atoms with van der Waals surface area (Å²) in [6.45, 7) is 1.57. The van der Waals surface area contributed by atoms with Gasteiger partial charge in [0.15, 0.2) is 0 Å². The first kappa shape index (κ1) is 9.75. The molecule has 2 nitrogen and oxygen atoms in total. The number of terminal acetylenes is 1. The van der Waals surface area contributed by atoms with Gasteiger partial charge >= 0.3 is 0 Å². The molecule has 0 saturated carbocycles. The zero-order valence-electron chi connectivity index (χ0n) is 7.00. The maximum Gasteiger partial charge on any atom is 0.143 e. The van der Waals surface area contributed by atoms with Crippen LogP contribution in [-0.2, 0) is 9.73 Å². The summed E-state index contributed by atoms with van der Waals surface area (Å²) in [4.78, 5) is -0.183. The minimum Gasteiger partial charge on any atom is -0.238 e. The SMILES string of the molecule is C#C[S@](=N)(=O)c1c(C)cccc1F. The molecule has 0 aromatic heterocycles. The van der Waals surface area contributed by atoms with E-state index in [1.807, 2.05) is 0 Å². The van der Waals surface area contributed by atoms with Crippen molar-refractivity contribution in [2.75, 3.05) is 0 Å². The lowest BCUT2D eigenvalue weighted by molar-refractivity contribution is 0.592. The summed E-state index contributed by atoms with van der Waals surface area (Å²) < 4.78 is 31.8. The van der Waals surface area contributed by atoms with Gasteiger partial charge in [0, 0.05) is 5.25 Å². The van der Waals surface area contributed by atoms with Crippen molar-refractivity contribution in [1.29, 1.82) is 4.78 Å². The zero-order chi connectivity index (χ0) is 10.1. The molecule has 1 atom stereocenters. The van der Waals surface area contributed by atoms with Gasteiger partial charge < -0.3 is 0 Å². The van der Waals surface area contributed by atoms with Crippen molar-refractivity contribution in [3.8, 4) is 11.7 Å². The minimum atomic E-state index is -3.41. The molecule has 0 aliphatic rings. The van der Waals surface area contributed by atoms with Crippen LogP contribution in [0.15, 0.2) is 23.1 Å². The summed E-state index contributed by atoms with van der Waals surface area (Å²) in [5.41, 5.74) is 0.443. The van der Waals surface area contributed by atoms with E-state index in [1.165, 1.54) is 6.07 Å². The average molecular weight is 197 g/mol. The zero-order valence-corrected chi connectivity index (χ0v) is 7.82. The largest absolute Gasteiger partial charge is 0.238 e. The van der Waals surface area contributed by atoms with E-state index < -0.39 is 15.5 Å². The van der Waals surface area contributed by atoms with Crippen molar-refractivity contribution in [3.05, 3.63) is 29.6 Å². The topological polar surface area (TPSA) is 40.9 Å². The number of hydrogen-bond donors (Lipinski definition) is 1. The third-order valence-corrected chi connectivity index (χ3v) is 3.04. The number of halogens is 1. The van der Waals surface area contributed by atoms with Crippen LogP contribution in [0, 0.1) is 29.2 Å². The molecule has 0 saturated heterocycles. The highest BCUT2D eigenvalue weighted by atomic mass is 32.2. The fourth-order valence-electron chi connectivity index (χ4n) is 1.04.